The first-order chi connectivity index (χ1) is 7.65. The summed E-state index contributed by atoms with van der Waals surface area (Å²) in [5.74, 6) is 0.601. The minimum Gasteiger partial charge on any atom is -0.329 e. The van der Waals surface area contributed by atoms with Crippen LogP contribution in [0.2, 0.25) is 0 Å². The molecular weight excluding hydrogens is 198 g/mol. The summed E-state index contributed by atoms with van der Waals surface area (Å²) < 4.78 is 0. The van der Waals surface area contributed by atoms with Crippen LogP contribution in [0.4, 0.5) is 0 Å². The van der Waals surface area contributed by atoms with Gasteiger partial charge in [0.15, 0.2) is 0 Å². The van der Waals surface area contributed by atoms with E-state index in [0.717, 1.165) is 19.5 Å². The van der Waals surface area contributed by atoms with Gasteiger partial charge in [0.05, 0.1) is 0 Å². The molecule has 0 amide bonds. The summed E-state index contributed by atoms with van der Waals surface area (Å²) in [6.07, 6.45) is 4.78. The molecule has 1 unspecified atom stereocenters. The molecule has 0 aliphatic heterocycles. The molecule has 1 aromatic heterocycles. The summed E-state index contributed by atoms with van der Waals surface area (Å²) in [6.45, 7) is 6.20. The van der Waals surface area contributed by atoms with E-state index in [9.17, 15) is 0 Å². The number of likely N-dealkylation sites (N-methyl/N-ethyl adjacent to an activating group) is 1. The third-order valence-electron chi connectivity index (χ3n) is 3.05. The maximum absolute atomic E-state index is 5.79. The second-order valence-electron chi connectivity index (χ2n) is 4.64. The second-order valence-corrected chi connectivity index (χ2v) is 4.64. The maximum Gasteiger partial charge on any atom is 0.0300 e. The molecule has 16 heavy (non-hydrogen) atoms. The van der Waals surface area contributed by atoms with E-state index >= 15 is 0 Å². The Hall–Kier alpha value is -0.930. The number of hydrogen-bond acceptors (Lipinski definition) is 3. The van der Waals surface area contributed by atoms with Crippen LogP contribution in [0.25, 0.3) is 0 Å². The molecule has 0 aliphatic carbocycles. The molecule has 3 heteroatoms. The van der Waals surface area contributed by atoms with E-state index in [-0.39, 0.29) is 0 Å². The van der Waals surface area contributed by atoms with Crippen molar-refractivity contribution in [3.63, 3.8) is 0 Å². The van der Waals surface area contributed by atoms with E-state index in [4.69, 9.17) is 5.73 Å². The van der Waals surface area contributed by atoms with Crippen LogP contribution in [-0.2, 0) is 6.42 Å². The van der Waals surface area contributed by atoms with Crippen LogP contribution in [0, 0.1) is 5.92 Å². The quantitative estimate of drug-likeness (QED) is 0.792. The van der Waals surface area contributed by atoms with Crippen molar-refractivity contribution in [1.29, 1.82) is 0 Å². The van der Waals surface area contributed by atoms with Gasteiger partial charge in [0.2, 0.25) is 0 Å². The zero-order chi connectivity index (χ0) is 12.0. The highest BCUT2D eigenvalue weighted by molar-refractivity contribution is 5.08. The molecule has 0 fully saturated rings. The second kappa shape index (κ2) is 6.61. The van der Waals surface area contributed by atoms with Crippen LogP contribution in [-0.4, -0.2) is 36.1 Å². The van der Waals surface area contributed by atoms with Crippen molar-refractivity contribution in [3.05, 3.63) is 30.1 Å². The highest BCUT2D eigenvalue weighted by Crippen LogP contribution is 2.08. The van der Waals surface area contributed by atoms with Crippen LogP contribution < -0.4 is 5.73 Å². The molecule has 1 atom stereocenters. The van der Waals surface area contributed by atoms with Gasteiger partial charge in [-0.1, -0.05) is 19.9 Å². The summed E-state index contributed by atoms with van der Waals surface area (Å²) in [7, 11) is 2.15. The Balaban J connectivity index is 2.43. The third kappa shape index (κ3) is 3.91. The Labute approximate surface area is 98.7 Å². The van der Waals surface area contributed by atoms with Crippen LogP contribution >= 0.6 is 0 Å². The fourth-order valence-corrected chi connectivity index (χ4v) is 1.98. The van der Waals surface area contributed by atoms with Gasteiger partial charge >= 0.3 is 0 Å². The Bertz CT molecular complexity index is 284. The average Bonchev–Trinajstić information content (AvgIpc) is 2.28. The van der Waals surface area contributed by atoms with Gasteiger partial charge in [0, 0.05) is 31.5 Å². The van der Waals surface area contributed by atoms with Crippen molar-refractivity contribution in [2.24, 2.45) is 11.7 Å². The molecular formula is C13H23N3. The Kier molecular flexibility index (Phi) is 5.43. The van der Waals surface area contributed by atoms with Crippen molar-refractivity contribution in [1.82, 2.24) is 9.88 Å². The van der Waals surface area contributed by atoms with Gasteiger partial charge in [0.25, 0.3) is 0 Å². The van der Waals surface area contributed by atoms with Gasteiger partial charge in [-0.05, 0) is 31.0 Å². The predicted molar refractivity (Wildman–Crippen MR) is 68.3 cm³/mol. The fraction of sp³-hybridized carbons (Fsp3) is 0.615. The molecule has 0 radical (unpaired) electrons. The summed E-state index contributed by atoms with van der Waals surface area (Å²) in [5, 5.41) is 0. The number of nitrogens with two attached hydrogens (primary N) is 1. The Morgan fingerprint density at radius 2 is 2.19 bits per heavy atom. The minimum absolute atomic E-state index is 0.469. The van der Waals surface area contributed by atoms with Crippen LogP contribution in [0.3, 0.4) is 0 Å². The highest BCUT2D eigenvalue weighted by atomic mass is 15.1. The number of pyridine rings is 1. The number of nitrogens with zero attached hydrogens (tertiary/aromatic N) is 2. The monoisotopic (exact) mass is 221 g/mol. The van der Waals surface area contributed by atoms with Crippen LogP contribution in [0.15, 0.2) is 24.5 Å². The lowest BCUT2D eigenvalue weighted by Gasteiger charge is -2.30. The first-order valence-corrected chi connectivity index (χ1v) is 5.94. The van der Waals surface area contributed by atoms with Crippen LogP contribution in [0.5, 0.6) is 0 Å². The lowest BCUT2D eigenvalue weighted by atomic mass is 10.0. The van der Waals surface area contributed by atoms with Gasteiger partial charge < -0.3 is 10.6 Å². The highest BCUT2D eigenvalue weighted by Gasteiger charge is 2.16. The molecule has 0 aromatic carbocycles. The van der Waals surface area contributed by atoms with Gasteiger partial charge in [-0.15, -0.1) is 0 Å². The van der Waals surface area contributed by atoms with Crippen molar-refractivity contribution >= 4 is 0 Å². The largest absolute Gasteiger partial charge is 0.329 e. The first-order valence-electron chi connectivity index (χ1n) is 5.94. The van der Waals surface area contributed by atoms with Gasteiger partial charge in [-0.2, -0.15) is 0 Å². The molecule has 1 aromatic rings. The molecule has 1 heterocycles. The standard InChI is InChI=1S/C13H23N3/c1-11(2)13(9-14)16(3)8-6-12-5-4-7-15-10-12/h4-5,7,10-11,13H,6,8-9,14H2,1-3H3. The van der Waals surface area contributed by atoms with Crippen molar-refractivity contribution in [2.45, 2.75) is 26.3 Å². The summed E-state index contributed by atoms with van der Waals surface area (Å²) in [4.78, 5) is 6.46. The van der Waals surface area contributed by atoms with Gasteiger partial charge in [-0.25, -0.2) is 0 Å². The molecule has 0 saturated heterocycles. The zero-order valence-corrected chi connectivity index (χ0v) is 10.6. The molecule has 1 rings (SSSR count). The van der Waals surface area contributed by atoms with E-state index in [1.807, 2.05) is 18.5 Å². The average molecular weight is 221 g/mol. The van der Waals surface area contributed by atoms with Gasteiger partial charge in [0.1, 0.15) is 0 Å². The SMILES string of the molecule is CC(C)C(CN)N(C)CCc1cccnc1. The smallest absolute Gasteiger partial charge is 0.0300 e. The molecule has 3 nitrogen and oxygen atoms in total. The van der Waals surface area contributed by atoms with E-state index in [0.29, 0.717) is 12.0 Å². The topological polar surface area (TPSA) is 42.1 Å². The first kappa shape index (κ1) is 13.1. The molecule has 90 valence electrons. The molecule has 2 N–H and O–H groups in total. The minimum atomic E-state index is 0.469. The van der Waals surface area contributed by atoms with E-state index < -0.39 is 0 Å². The van der Waals surface area contributed by atoms with E-state index in [1.54, 1.807) is 0 Å². The summed E-state index contributed by atoms with van der Waals surface area (Å²) in [6, 6.07) is 4.57. The fourth-order valence-electron chi connectivity index (χ4n) is 1.98. The maximum atomic E-state index is 5.79. The molecule has 0 bridgehead atoms. The number of aromatic nitrogens is 1. The number of rotatable bonds is 6. The summed E-state index contributed by atoms with van der Waals surface area (Å²) >= 11 is 0. The zero-order valence-electron chi connectivity index (χ0n) is 10.6. The lowest BCUT2D eigenvalue weighted by molar-refractivity contribution is 0.199. The van der Waals surface area contributed by atoms with Crippen LogP contribution in [0.1, 0.15) is 19.4 Å². The molecule has 0 saturated carbocycles. The lowest BCUT2D eigenvalue weighted by Crippen LogP contribution is -2.42. The Morgan fingerprint density at radius 1 is 1.44 bits per heavy atom. The normalized spacial score (nSPS) is 13.4. The van der Waals surface area contributed by atoms with Gasteiger partial charge in [-0.3, -0.25) is 4.98 Å². The molecule has 0 spiro atoms. The summed E-state index contributed by atoms with van der Waals surface area (Å²) in [5.41, 5.74) is 7.08. The van der Waals surface area contributed by atoms with Crippen molar-refractivity contribution in [2.75, 3.05) is 20.1 Å². The Morgan fingerprint density at radius 3 is 2.69 bits per heavy atom. The van der Waals surface area contributed by atoms with E-state index in [2.05, 4.69) is 36.8 Å². The predicted octanol–water partition coefficient (Wildman–Crippen LogP) is 1.54. The molecule has 0 aliphatic rings. The number of hydrogen-bond donors (Lipinski definition) is 1. The van der Waals surface area contributed by atoms with Crippen molar-refractivity contribution in [3.8, 4) is 0 Å². The van der Waals surface area contributed by atoms with Crippen molar-refractivity contribution < 1.29 is 0 Å². The third-order valence-corrected chi connectivity index (χ3v) is 3.05. The van der Waals surface area contributed by atoms with E-state index in [1.165, 1.54) is 5.56 Å².